The summed E-state index contributed by atoms with van der Waals surface area (Å²) in [4.78, 5) is 29.2. The van der Waals surface area contributed by atoms with Crippen molar-refractivity contribution in [3.63, 3.8) is 0 Å². The van der Waals surface area contributed by atoms with Gasteiger partial charge in [-0.3, -0.25) is 4.79 Å². The lowest BCUT2D eigenvalue weighted by Gasteiger charge is -2.06. The Bertz CT molecular complexity index is 660. The first-order valence-corrected chi connectivity index (χ1v) is 4.85. The van der Waals surface area contributed by atoms with Crippen LogP contribution in [0.2, 0.25) is 0 Å². The van der Waals surface area contributed by atoms with E-state index in [1.807, 2.05) is 0 Å². The Hall–Kier alpha value is -2.37. The van der Waals surface area contributed by atoms with E-state index in [2.05, 4.69) is 9.97 Å². The molecular weight excluding hydrogens is 224 g/mol. The summed E-state index contributed by atoms with van der Waals surface area (Å²) in [5.74, 6) is -0.538. The third kappa shape index (κ3) is 1.84. The molecule has 2 rings (SSSR count). The maximum absolute atomic E-state index is 11.6. The molecule has 0 amide bonds. The smallest absolute Gasteiger partial charge is 0.339 e. The number of nitrogens with one attached hydrogen (secondary N) is 1. The van der Waals surface area contributed by atoms with Crippen LogP contribution in [0, 0.1) is 6.92 Å². The number of aromatic nitrogens is 2. The minimum atomic E-state index is -1.11. The summed E-state index contributed by atoms with van der Waals surface area (Å²) in [6, 6.07) is 2.75. The molecule has 0 aliphatic rings. The Labute approximate surface area is 95.9 Å². The molecule has 0 unspecified atom stereocenters. The second kappa shape index (κ2) is 3.89. The number of hydrogen-bond acceptors (Lipinski definition) is 4. The van der Waals surface area contributed by atoms with Crippen LogP contribution in [0.4, 0.5) is 0 Å². The van der Waals surface area contributed by atoms with Crippen molar-refractivity contribution < 1.29 is 14.6 Å². The molecule has 0 atom stereocenters. The SMILES string of the molecule is COc1cc2c(=O)nc(C)[nH]c2cc1C(=O)O. The van der Waals surface area contributed by atoms with E-state index in [4.69, 9.17) is 9.84 Å². The van der Waals surface area contributed by atoms with Gasteiger partial charge in [0.25, 0.3) is 5.56 Å². The zero-order valence-corrected chi connectivity index (χ0v) is 9.27. The van der Waals surface area contributed by atoms with Gasteiger partial charge >= 0.3 is 5.97 Å². The number of hydrogen-bond donors (Lipinski definition) is 2. The topological polar surface area (TPSA) is 92.3 Å². The molecule has 88 valence electrons. The Balaban J connectivity index is 2.88. The molecule has 0 saturated heterocycles. The van der Waals surface area contributed by atoms with Gasteiger partial charge in [-0.15, -0.1) is 0 Å². The van der Waals surface area contributed by atoms with Gasteiger partial charge in [0.05, 0.1) is 18.0 Å². The molecule has 0 fully saturated rings. The lowest BCUT2D eigenvalue weighted by atomic mass is 10.1. The summed E-state index contributed by atoms with van der Waals surface area (Å²) in [5.41, 5.74) is 0.0217. The number of aromatic amines is 1. The maximum Gasteiger partial charge on any atom is 0.339 e. The van der Waals surface area contributed by atoms with Gasteiger partial charge in [-0.1, -0.05) is 0 Å². The third-order valence-corrected chi connectivity index (χ3v) is 2.39. The van der Waals surface area contributed by atoms with Crippen LogP contribution >= 0.6 is 0 Å². The molecule has 0 aliphatic carbocycles. The van der Waals surface area contributed by atoms with Crippen molar-refractivity contribution in [1.82, 2.24) is 9.97 Å². The van der Waals surface area contributed by atoms with Crippen molar-refractivity contribution in [1.29, 1.82) is 0 Å². The predicted molar refractivity (Wildman–Crippen MR) is 60.6 cm³/mol. The zero-order valence-electron chi connectivity index (χ0n) is 9.27. The summed E-state index contributed by atoms with van der Waals surface area (Å²) in [6.07, 6.45) is 0. The highest BCUT2D eigenvalue weighted by Gasteiger charge is 2.14. The summed E-state index contributed by atoms with van der Waals surface area (Å²) in [7, 11) is 1.35. The van der Waals surface area contributed by atoms with Crippen LogP contribution < -0.4 is 10.3 Å². The Kier molecular flexibility index (Phi) is 2.55. The average Bonchev–Trinajstić information content (AvgIpc) is 2.27. The van der Waals surface area contributed by atoms with E-state index in [9.17, 15) is 9.59 Å². The molecule has 0 spiro atoms. The first-order chi connectivity index (χ1) is 8.02. The molecule has 2 aromatic rings. The summed E-state index contributed by atoms with van der Waals surface area (Å²) in [5, 5.41) is 9.31. The minimum Gasteiger partial charge on any atom is -0.496 e. The molecule has 0 aliphatic heterocycles. The molecule has 0 radical (unpaired) electrons. The second-order valence-electron chi connectivity index (χ2n) is 3.53. The normalized spacial score (nSPS) is 10.5. The number of H-pyrrole nitrogens is 1. The van der Waals surface area contributed by atoms with Gasteiger partial charge in [0, 0.05) is 0 Å². The fourth-order valence-electron chi connectivity index (χ4n) is 1.63. The molecule has 17 heavy (non-hydrogen) atoms. The van der Waals surface area contributed by atoms with E-state index in [1.165, 1.54) is 19.2 Å². The molecule has 0 bridgehead atoms. The van der Waals surface area contributed by atoms with Gasteiger partial charge in [-0.25, -0.2) is 4.79 Å². The van der Waals surface area contributed by atoms with Crippen LogP contribution in [0.5, 0.6) is 5.75 Å². The van der Waals surface area contributed by atoms with Crippen molar-refractivity contribution in [2.45, 2.75) is 6.92 Å². The molecular formula is C11H10N2O4. The molecule has 6 heteroatoms. The van der Waals surface area contributed by atoms with E-state index < -0.39 is 11.5 Å². The fraction of sp³-hybridized carbons (Fsp3) is 0.182. The molecule has 1 heterocycles. The average molecular weight is 234 g/mol. The van der Waals surface area contributed by atoms with E-state index in [-0.39, 0.29) is 11.3 Å². The number of methoxy groups -OCH3 is 1. The fourth-order valence-corrected chi connectivity index (χ4v) is 1.63. The monoisotopic (exact) mass is 234 g/mol. The Morgan fingerprint density at radius 3 is 2.76 bits per heavy atom. The van der Waals surface area contributed by atoms with Crippen LogP contribution in [0.1, 0.15) is 16.2 Å². The lowest BCUT2D eigenvalue weighted by molar-refractivity contribution is 0.0693. The highest BCUT2D eigenvalue weighted by atomic mass is 16.5. The number of aryl methyl sites for hydroxylation is 1. The molecule has 1 aromatic heterocycles. The number of ether oxygens (including phenoxy) is 1. The predicted octanol–water partition coefficient (Wildman–Crippen LogP) is 0.938. The van der Waals surface area contributed by atoms with Crippen LogP contribution in [-0.2, 0) is 0 Å². The van der Waals surface area contributed by atoms with Crippen LogP contribution in [0.3, 0.4) is 0 Å². The van der Waals surface area contributed by atoms with Gasteiger partial charge in [0.2, 0.25) is 0 Å². The highest BCUT2D eigenvalue weighted by Crippen LogP contribution is 2.22. The van der Waals surface area contributed by atoms with Crippen LogP contribution in [0.15, 0.2) is 16.9 Å². The van der Waals surface area contributed by atoms with E-state index >= 15 is 0 Å². The molecule has 2 N–H and O–H groups in total. The number of carbonyl (C=O) groups is 1. The van der Waals surface area contributed by atoms with Gasteiger partial charge in [0.15, 0.2) is 0 Å². The quantitative estimate of drug-likeness (QED) is 0.806. The van der Waals surface area contributed by atoms with Crippen molar-refractivity contribution >= 4 is 16.9 Å². The minimum absolute atomic E-state index is 0.00116. The van der Waals surface area contributed by atoms with Crippen LogP contribution in [0.25, 0.3) is 10.9 Å². The summed E-state index contributed by atoms with van der Waals surface area (Å²) in [6.45, 7) is 1.63. The number of fused-ring (bicyclic) bond motifs is 1. The number of nitrogens with zero attached hydrogens (tertiary/aromatic N) is 1. The molecule has 6 nitrogen and oxygen atoms in total. The second-order valence-corrected chi connectivity index (χ2v) is 3.53. The largest absolute Gasteiger partial charge is 0.496 e. The number of carboxylic acids is 1. The first-order valence-electron chi connectivity index (χ1n) is 4.85. The number of carboxylic acid groups (broad SMARTS) is 1. The molecule has 1 aromatic carbocycles. The number of benzene rings is 1. The van der Waals surface area contributed by atoms with Gasteiger partial charge in [-0.05, 0) is 19.1 Å². The lowest BCUT2D eigenvalue weighted by Crippen LogP contribution is -2.11. The summed E-state index contributed by atoms with van der Waals surface area (Å²) < 4.78 is 4.94. The van der Waals surface area contributed by atoms with Gasteiger partial charge in [0.1, 0.15) is 17.1 Å². The summed E-state index contributed by atoms with van der Waals surface area (Å²) >= 11 is 0. The third-order valence-electron chi connectivity index (χ3n) is 2.39. The van der Waals surface area contributed by atoms with Crippen molar-refractivity contribution in [2.75, 3.05) is 7.11 Å². The van der Waals surface area contributed by atoms with E-state index in [0.29, 0.717) is 16.7 Å². The zero-order chi connectivity index (χ0) is 12.6. The number of aromatic carboxylic acids is 1. The van der Waals surface area contributed by atoms with E-state index in [1.54, 1.807) is 6.92 Å². The van der Waals surface area contributed by atoms with Crippen molar-refractivity contribution in [3.8, 4) is 5.75 Å². The highest BCUT2D eigenvalue weighted by molar-refractivity contribution is 5.96. The number of rotatable bonds is 2. The van der Waals surface area contributed by atoms with Gasteiger partial charge < -0.3 is 14.8 Å². The van der Waals surface area contributed by atoms with Crippen molar-refractivity contribution in [2.24, 2.45) is 0 Å². The Morgan fingerprint density at radius 1 is 1.47 bits per heavy atom. The van der Waals surface area contributed by atoms with Gasteiger partial charge in [-0.2, -0.15) is 4.98 Å². The van der Waals surface area contributed by atoms with E-state index in [0.717, 1.165) is 0 Å². The first kappa shape index (κ1) is 11.1. The van der Waals surface area contributed by atoms with Crippen LogP contribution in [-0.4, -0.2) is 28.2 Å². The Morgan fingerprint density at radius 2 is 2.18 bits per heavy atom. The van der Waals surface area contributed by atoms with Crippen molar-refractivity contribution in [3.05, 3.63) is 33.9 Å². The molecule has 0 saturated carbocycles. The standard InChI is InChI=1S/C11H10N2O4/c1-5-12-8-3-7(11(15)16)9(17-2)4-6(8)10(14)13-5/h3-4H,1-2H3,(H,15,16)(H,12,13,14). The maximum atomic E-state index is 11.6.